The lowest BCUT2D eigenvalue weighted by molar-refractivity contribution is 0.0530. The van der Waals surface area contributed by atoms with Crippen LogP contribution in [0, 0.1) is 18.8 Å². The molecule has 2 fully saturated rings. The van der Waals surface area contributed by atoms with Gasteiger partial charge in [-0.1, -0.05) is 46.7 Å². The van der Waals surface area contributed by atoms with Crippen molar-refractivity contribution < 1.29 is 19.1 Å². The topological polar surface area (TPSA) is 96.6 Å². The number of H-pyrrole nitrogens is 1. The number of halogens is 2. The van der Waals surface area contributed by atoms with E-state index in [1.54, 1.807) is 13.8 Å². The zero-order valence-electron chi connectivity index (χ0n) is 20.8. The average molecular weight is 564 g/mol. The SMILES string of the molecule is CCOC(=O)c1sc(N2C[C@@H]3[C@H](C2)[C@@H]3NC(=O)c2[nH]c(C)c(Cl)c2Cl)nc1Cc1ccc(OCC)cc1. The molecule has 3 atom stereocenters. The van der Waals surface area contributed by atoms with E-state index in [9.17, 15) is 9.59 Å². The van der Waals surface area contributed by atoms with Gasteiger partial charge >= 0.3 is 5.97 Å². The highest BCUT2D eigenvalue weighted by molar-refractivity contribution is 7.17. The first-order valence-corrected chi connectivity index (χ1v) is 13.9. The summed E-state index contributed by atoms with van der Waals surface area (Å²) in [5.74, 6) is 0.851. The molecule has 196 valence electrons. The molecule has 0 radical (unpaired) electrons. The van der Waals surface area contributed by atoms with Crippen molar-refractivity contribution in [1.82, 2.24) is 15.3 Å². The zero-order valence-corrected chi connectivity index (χ0v) is 23.1. The van der Waals surface area contributed by atoms with Crippen LogP contribution in [-0.4, -0.2) is 54.2 Å². The predicted octanol–water partition coefficient (Wildman–Crippen LogP) is 5.12. The number of aromatic nitrogens is 2. The van der Waals surface area contributed by atoms with E-state index >= 15 is 0 Å². The molecule has 5 rings (SSSR count). The van der Waals surface area contributed by atoms with Gasteiger partial charge < -0.3 is 24.7 Å². The lowest BCUT2D eigenvalue weighted by Gasteiger charge is -2.19. The number of piperidine rings is 1. The summed E-state index contributed by atoms with van der Waals surface area (Å²) in [4.78, 5) is 35.9. The molecule has 3 heterocycles. The van der Waals surface area contributed by atoms with E-state index in [0.717, 1.165) is 29.5 Å². The smallest absolute Gasteiger partial charge is 0.350 e. The standard InChI is InChI=1S/C26H28Cl2N4O4S/c1-4-35-15-8-6-14(7-9-15)10-18-23(25(34)36-5-2)37-26(30-18)32-11-16-17(12-32)21(16)31-24(33)22-20(28)19(27)13(3)29-22/h6-9,16-17,21,29H,4-5,10-12H2,1-3H3,(H,31,33)/t16-,17+,21-. The second-order valence-electron chi connectivity index (χ2n) is 9.23. The van der Waals surface area contributed by atoms with Crippen LogP contribution in [0.15, 0.2) is 24.3 Å². The van der Waals surface area contributed by atoms with Gasteiger partial charge in [-0.3, -0.25) is 4.79 Å². The maximum atomic E-state index is 12.7. The summed E-state index contributed by atoms with van der Waals surface area (Å²) >= 11 is 13.7. The van der Waals surface area contributed by atoms with Gasteiger partial charge in [0.15, 0.2) is 5.13 Å². The number of benzene rings is 1. The number of aryl methyl sites for hydroxylation is 1. The van der Waals surface area contributed by atoms with Crippen LogP contribution in [0.3, 0.4) is 0 Å². The molecule has 1 aliphatic carbocycles. The fourth-order valence-corrected chi connectivity index (χ4v) is 6.27. The third-order valence-electron chi connectivity index (χ3n) is 6.80. The van der Waals surface area contributed by atoms with Crippen molar-refractivity contribution in [2.24, 2.45) is 11.8 Å². The number of thiazole rings is 1. The van der Waals surface area contributed by atoms with E-state index < -0.39 is 0 Å². The number of amides is 1. The predicted molar refractivity (Wildman–Crippen MR) is 144 cm³/mol. The molecule has 1 saturated heterocycles. The van der Waals surface area contributed by atoms with Gasteiger partial charge in [-0.25, -0.2) is 9.78 Å². The first-order valence-electron chi connectivity index (χ1n) is 12.3. The van der Waals surface area contributed by atoms with Crippen molar-refractivity contribution >= 4 is 51.5 Å². The summed E-state index contributed by atoms with van der Waals surface area (Å²) in [6.07, 6.45) is 0.523. The number of ether oxygens (including phenoxy) is 2. The Morgan fingerprint density at radius 1 is 1.14 bits per heavy atom. The number of fused-ring (bicyclic) bond motifs is 1. The quantitative estimate of drug-likeness (QED) is 0.351. The van der Waals surface area contributed by atoms with Gasteiger partial charge in [0.25, 0.3) is 5.91 Å². The van der Waals surface area contributed by atoms with Crippen LogP contribution in [0.25, 0.3) is 0 Å². The Labute approximate surface area is 229 Å². The molecule has 0 bridgehead atoms. The summed E-state index contributed by atoms with van der Waals surface area (Å²) in [7, 11) is 0. The molecule has 1 aromatic carbocycles. The van der Waals surface area contributed by atoms with Crippen molar-refractivity contribution in [2.45, 2.75) is 33.2 Å². The van der Waals surface area contributed by atoms with E-state index in [0.29, 0.717) is 58.5 Å². The Bertz CT molecular complexity index is 1310. The van der Waals surface area contributed by atoms with E-state index in [-0.39, 0.29) is 22.9 Å². The fraction of sp³-hybridized carbons (Fsp3) is 0.423. The highest BCUT2D eigenvalue weighted by Crippen LogP contribution is 2.48. The number of aromatic amines is 1. The summed E-state index contributed by atoms with van der Waals surface area (Å²) in [5, 5.41) is 4.50. The van der Waals surface area contributed by atoms with Crippen LogP contribution in [0.2, 0.25) is 10.0 Å². The highest BCUT2D eigenvalue weighted by atomic mass is 35.5. The molecule has 2 aromatic heterocycles. The van der Waals surface area contributed by atoms with Gasteiger partial charge in [-0.15, -0.1) is 0 Å². The maximum Gasteiger partial charge on any atom is 0.350 e. The molecule has 8 nitrogen and oxygen atoms in total. The largest absolute Gasteiger partial charge is 0.494 e. The zero-order chi connectivity index (χ0) is 26.3. The molecule has 1 aliphatic heterocycles. The third kappa shape index (κ3) is 5.17. The van der Waals surface area contributed by atoms with Crippen LogP contribution in [-0.2, 0) is 11.2 Å². The first-order chi connectivity index (χ1) is 17.8. The number of nitrogens with zero attached hydrogens (tertiary/aromatic N) is 2. The summed E-state index contributed by atoms with van der Waals surface area (Å²) in [6.45, 7) is 7.94. The Balaban J connectivity index is 1.26. The van der Waals surface area contributed by atoms with Crippen LogP contribution in [0.4, 0.5) is 5.13 Å². The van der Waals surface area contributed by atoms with Crippen LogP contribution >= 0.6 is 34.5 Å². The first kappa shape index (κ1) is 25.9. The normalized spacial score (nSPS) is 20.0. The summed E-state index contributed by atoms with van der Waals surface area (Å²) < 4.78 is 10.8. The molecule has 37 heavy (non-hydrogen) atoms. The monoisotopic (exact) mass is 562 g/mol. The van der Waals surface area contributed by atoms with Gasteiger partial charge in [0.1, 0.15) is 16.3 Å². The maximum absolute atomic E-state index is 12.7. The molecule has 11 heteroatoms. The summed E-state index contributed by atoms with van der Waals surface area (Å²) in [5.41, 5.74) is 2.71. The number of carbonyl (C=O) groups excluding carboxylic acids is 2. The second kappa shape index (κ2) is 10.6. The Morgan fingerprint density at radius 2 is 1.84 bits per heavy atom. The summed E-state index contributed by atoms with van der Waals surface area (Å²) in [6, 6.07) is 7.91. The fourth-order valence-electron chi connectivity index (χ4n) is 4.86. The molecular formula is C26H28Cl2N4O4S. The van der Waals surface area contributed by atoms with Crippen molar-refractivity contribution in [3.63, 3.8) is 0 Å². The van der Waals surface area contributed by atoms with E-state index in [1.807, 2.05) is 31.2 Å². The number of nitrogens with one attached hydrogen (secondary N) is 2. The van der Waals surface area contributed by atoms with Gasteiger partial charge in [-0.05, 0) is 38.5 Å². The molecule has 0 unspecified atom stereocenters. The van der Waals surface area contributed by atoms with Crippen molar-refractivity contribution in [3.8, 4) is 5.75 Å². The molecule has 3 aromatic rings. The Hall–Kier alpha value is -2.75. The molecular weight excluding hydrogens is 535 g/mol. The number of esters is 1. The molecule has 2 N–H and O–H groups in total. The van der Waals surface area contributed by atoms with Crippen LogP contribution in [0.1, 0.15) is 51.0 Å². The minimum absolute atomic E-state index is 0.0787. The molecule has 1 saturated carbocycles. The lowest BCUT2D eigenvalue weighted by atomic mass is 10.1. The lowest BCUT2D eigenvalue weighted by Crippen LogP contribution is -2.34. The number of anilines is 1. The number of carbonyl (C=O) groups is 2. The minimum atomic E-state index is -0.349. The Kier molecular flexibility index (Phi) is 7.38. The Morgan fingerprint density at radius 3 is 2.43 bits per heavy atom. The van der Waals surface area contributed by atoms with Gasteiger partial charge in [0.2, 0.25) is 0 Å². The van der Waals surface area contributed by atoms with Crippen molar-refractivity contribution in [2.75, 3.05) is 31.2 Å². The second-order valence-corrected chi connectivity index (χ2v) is 11.0. The molecule has 0 spiro atoms. The van der Waals surface area contributed by atoms with Gasteiger partial charge in [0.05, 0.1) is 29.0 Å². The van der Waals surface area contributed by atoms with E-state index in [4.69, 9.17) is 37.7 Å². The molecule has 1 amide bonds. The van der Waals surface area contributed by atoms with Crippen LogP contribution in [0.5, 0.6) is 5.75 Å². The minimum Gasteiger partial charge on any atom is -0.494 e. The third-order valence-corrected chi connectivity index (χ3v) is 8.88. The number of rotatable bonds is 9. The van der Waals surface area contributed by atoms with Crippen LogP contribution < -0.4 is 15.0 Å². The van der Waals surface area contributed by atoms with Gasteiger partial charge in [-0.2, -0.15) is 0 Å². The number of hydrogen-bond donors (Lipinski definition) is 2. The average Bonchev–Trinajstić information content (AvgIpc) is 3.22. The highest BCUT2D eigenvalue weighted by Gasteiger charge is 2.57. The van der Waals surface area contributed by atoms with Crippen molar-refractivity contribution in [1.29, 1.82) is 0 Å². The number of hydrogen-bond acceptors (Lipinski definition) is 7. The van der Waals surface area contributed by atoms with E-state index in [2.05, 4.69) is 15.2 Å². The van der Waals surface area contributed by atoms with E-state index in [1.165, 1.54) is 11.3 Å². The van der Waals surface area contributed by atoms with Gasteiger partial charge in [0, 0.05) is 43.1 Å². The molecule has 2 aliphatic rings. The van der Waals surface area contributed by atoms with Crippen molar-refractivity contribution in [3.05, 3.63) is 61.8 Å².